The maximum absolute atomic E-state index is 12.1. The van der Waals surface area contributed by atoms with E-state index in [-0.39, 0.29) is 30.3 Å². The average Bonchev–Trinajstić information content (AvgIpc) is 2.84. The van der Waals surface area contributed by atoms with Crippen LogP contribution in [0.4, 0.5) is 13.2 Å². The summed E-state index contributed by atoms with van der Waals surface area (Å²) in [6, 6.07) is -0.162. The normalized spacial score (nSPS) is 34.9. The van der Waals surface area contributed by atoms with Crippen LogP contribution in [-0.4, -0.2) is 36.6 Å². The van der Waals surface area contributed by atoms with E-state index >= 15 is 0 Å². The van der Waals surface area contributed by atoms with Crippen molar-refractivity contribution < 1.29 is 18.0 Å². The highest BCUT2D eigenvalue weighted by Crippen LogP contribution is 2.48. The van der Waals surface area contributed by atoms with Gasteiger partial charge < -0.3 is 10.6 Å². The molecular weight excluding hydrogens is 245 g/mol. The molecule has 2 bridgehead atoms. The van der Waals surface area contributed by atoms with Gasteiger partial charge in [-0.15, -0.1) is 0 Å². The van der Waals surface area contributed by atoms with E-state index in [1.54, 1.807) is 0 Å². The van der Waals surface area contributed by atoms with Gasteiger partial charge in [0, 0.05) is 19.6 Å². The molecule has 0 saturated heterocycles. The molecule has 2 aliphatic rings. The summed E-state index contributed by atoms with van der Waals surface area (Å²) in [5.41, 5.74) is 6.02. The van der Waals surface area contributed by atoms with E-state index in [0.29, 0.717) is 5.92 Å². The number of carbonyl (C=O) groups is 1. The lowest BCUT2D eigenvalue weighted by Gasteiger charge is -2.31. The minimum atomic E-state index is -4.22. The van der Waals surface area contributed by atoms with E-state index in [2.05, 4.69) is 0 Å². The zero-order valence-corrected chi connectivity index (χ0v) is 10.4. The average molecular weight is 264 g/mol. The second-order valence-electron chi connectivity index (χ2n) is 5.56. The van der Waals surface area contributed by atoms with Gasteiger partial charge in [-0.25, -0.2) is 0 Å². The van der Waals surface area contributed by atoms with E-state index in [1.807, 2.05) is 0 Å². The molecule has 2 fully saturated rings. The first-order valence-electron chi connectivity index (χ1n) is 6.37. The number of nitrogens with two attached hydrogens (primary N) is 1. The Hall–Kier alpha value is -0.780. The second kappa shape index (κ2) is 4.72. The number of nitrogens with zero attached hydrogens (tertiary/aromatic N) is 1. The molecule has 4 atom stereocenters. The fourth-order valence-electron chi connectivity index (χ4n) is 3.36. The molecule has 0 spiro atoms. The Kier molecular flexibility index (Phi) is 3.58. The van der Waals surface area contributed by atoms with Crippen molar-refractivity contribution in [1.29, 1.82) is 0 Å². The van der Waals surface area contributed by atoms with E-state index in [1.165, 1.54) is 11.9 Å². The lowest BCUT2D eigenvalue weighted by Crippen LogP contribution is -2.46. The van der Waals surface area contributed by atoms with Crippen molar-refractivity contribution in [3.63, 3.8) is 0 Å². The molecule has 0 aromatic rings. The highest BCUT2D eigenvalue weighted by Gasteiger charge is 2.49. The summed E-state index contributed by atoms with van der Waals surface area (Å²) in [4.78, 5) is 13.3. The van der Waals surface area contributed by atoms with Gasteiger partial charge in [-0.05, 0) is 31.1 Å². The van der Waals surface area contributed by atoms with Gasteiger partial charge in [-0.2, -0.15) is 13.2 Å². The van der Waals surface area contributed by atoms with Gasteiger partial charge in [0.2, 0.25) is 5.91 Å². The van der Waals surface area contributed by atoms with Crippen LogP contribution in [0.5, 0.6) is 0 Å². The molecule has 0 radical (unpaired) electrons. The molecule has 3 nitrogen and oxygen atoms in total. The Morgan fingerprint density at radius 3 is 2.44 bits per heavy atom. The van der Waals surface area contributed by atoms with Crippen LogP contribution in [0.1, 0.15) is 25.7 Å². The zero-order valence-electron chi connectivity index (χ0n) is 10.4. The van der Waals surface area contributed by atoms with Gasteiger partial charge in [0.15, 0.2) is 0 Å². The summed E-state index contributed by atoms with van der Waals surface area (Å²) in [5.74, 6) is 0.201. The van der Waals surface area contributed by atoms with Crippen molar-refractivity contribution in [3.8, 4) is 0 Å². The fourth-order valence-corrected chi connectivity index (χ4v) is 3.36. The predicted molar refractivity (Wildman–Crippen MR) is 60.6 cm³/mol. The molecule has 104 valence electrons. The standard InChI is InChI=1S/C12H19F3N2O/c1-17(5-4-12(13,14)15)11(18)9-7-2-3-8(6-7)10(9)16/h7-10H,2-6,16H2,1H3. The molecule has 0 aliphatic heterocycles. The fraction of sp³-hybridized carbons (Fsp3) is 0.917. The van der Waals surface area contributed by atoms with Gasteiger partial charge in [-0.1, -0.05) is 0 Å². The van der Waals surface area contributed by atoms with Crippen molar-refractivity contribution in [2.24, 2.45) is 23.5 Å². The van der Waals surface area contributed by atoms with E-state index < -0.39 is 12.6 Å². The lowest BCUT2D eigenvalue weighted by atomic mass is 9.84. The number of halogens is 3. The first kappa shape index (κ1) is 13.6. The van der Waals surface area contributed by atoms with Crippen LogP contribution in [0.15, 0.2) is 0 Å². The molecule has 1 amide bonds. The first-order chi connectivity index (χ1) is 8.29. The van der Waals surface area contributed by atoms with Crippen LogP contribution in [0.25, 0.3) is 0 Å². The zero-order chi connectivity index (χ0) is 13.5. The topological polar surface area (TPSA) is 46.3 Å². The number of hydrogen-bond donors (Lipinski definition) is 1. The monoisotopic (exact) mass is 264 g/mol. The molecule has 2 aliphatic carbocycles. The number of carbonyl (C=O) groups excluding carboxylic acids is 1. The Morgan fingerprint density at radius 1 is 1.33 bits per heavy atom. The largest absolute Gasteiger partial charge is 0.390 e. The number of hydrogen-bond acceptors (Lipinski definition) is 2. The lowest BCUT2D eigenvalue weighted by molar-refractivity contribution is -0.147. The van der Waals surface area contributed by atoms with Crippen molar-refractivity contribution in [2.75, 3.05) is 13.6 Å². The number of amides is 1. The summed E-state index contributed by atoms with van der Waals surface area (Å²) in [6.07, 6.45) is -2.16. The van der Waals surface area contributed by atoms with Crippen molar-refractivity contribution in [2.45, 2.75) is 37.9 Å². The van der Waals surface area contributed by atoms with Crippen molar-refractivity contribution >= 4 is 5.91 Å². The third-order valence-electron chi connectivity index (χ3n) is 4.37. The Balaban J connectivity index is 1.91. The van der Waals surface area contributed by atoms with Gasteiger partial charge in [-0.3, -0.25) is 4.79 Å². The quantitative estimate of drug-likeness (QED) is 0.844. The predicted octanol–water partition coefficient (Wildman–Crippen LogP) is 1.77. The molecular formula is C12H19F3N2O. The molecule has 2 saturated carbocycles. The van der Waals surface area contributed by atoms with Crippen LogP contribution in [0.3, 0.4) is 0 Å². The number of alkyl halides is 3. The summed E-state index contributed by atoms with van der Waals surface area (Å²) in [5, 5.41) is 0. The highest BCUT2D eigenvalue weighted by atomic mass is 19.4. The molecule has 2 rings (SSSR count). The Labute approximate surface area is 104 Å². The summed E-state index contributed by atoms with van der Waals surface area (Å²) >= 11 is 0. The third kappa shape index (κ3) is 2.63. The van der Waals surface area contributed by atoms with Gasteiger partial charge >= 0.3 is 6.18 Å². The molecule has 2 N–H and O–H groups in total. The Bertz CT molecular complexity index is 330. The molecule has 0 heterocycles. The SMILES string of the molecule is CN(CCC(F)(F)F)C(=O)C1C2CCC(C2)C1N. The molecule has 0 aromatic carbocycles. The Morgan fingerprint density at radius 2 is 1.94 bits per heavy atom. The van der Waals surface area contributed by atoms with Gasteiger partial charge in [0.1, 0.15) is 0 Å². The maximum Gasteiger partial charge on any atom is 0.390 e. The smallest absolute Gasteiger partial charge is 0.345 e. The molecule has 0 aromatic heterocycles. The molecule has 4 unspecified atom stereocenters. The van der Waals surface area contributed by atoms with Crippen molar-refractivity contribution in [3.05, 3.63) is 0 Å². The van der Waals surface area contributed by atoms with Crippen LogP contribution < -0.4 is 5.73 Å². The summed E-state index contributed by atoms with van der Waals surface area (Å²) in [6.45, 7) is -0.275. The van der Waals surface area contributed by atoms with Crippen LogP contribution in [-0.2, 0) is 4.79 Å². The second-order valence-corrected chi connectivity index (χ2v) is 5.56. The summed E-state index contributed by atoms with van der Waals surface area (Å²) in [7, 11) is 1.44. The van der Waals surface area contributed by atoms with Gasteiger partial charge in [0.25, 0.3) is 0 Å². The first-order valence-corrected chi connectivity index (χ1v) is 6.37. The van der Waals surface area contributed by atoms with Gasteiger partial charge in [0.05, 0.1) is 12.3 Å². The minimum Gasteiger partial charge on any atom is -0.345 e. The highest BCUT2D eigenvalue weighted by molar-refractivity contribution is 5.80. The minimum absolute atomic E-state index is 0.162. The van der Waals surface area contributed by atoms with E-state index in [9.17, 15) is 18.0 Å². The third-order valence-corrected chi connectivity index (χ3v) is 4.37. The van der Waals surface area contributed by atoms with E-state index in [0.717, 1.165) is 19.3 Å². The van der Waals surface area contributed by atoms with Crippen LogP contribution >= 0.6 is 0 Å². The maximum atomic E-state index is 12.1. The van der Waals surface area contributed by atoms with Crippen LogP contribution in [0.2, 0.25) is 0 Å². The van der Waals surface area contributed by atoms with E-state index in [4.69, 9.17) is 5.73 Å². The number of rotatable bonds is 3. The summed E-state index contributed by atoms with van der Waals surface area (Å²) < 4.78 is 36.4. The number of fused-ring (bicyclic) bond motifs is 2. The van der Waals surface area contributed by atoms with Crippen LogP contribution in [0, 0.1) is 17.8 Å². The van der Waals surface area contributed by atoms with Crippen molar-refractivity contribution in [1.82, 2.24) is 4.90 Å². The molecule has 6 heteroatoms. The molecule has 18 heavy (non-hydrogen) atoms.